The largest absolute Gasteiger partial charge is 0.367 e. The molecule has 3 heterocycles. The molecule has 138 valence electrons. The van der Waals surface area contributed by atoms with Crippen LogP contribution in [0.2, 0.25) is 0 Å². The molecular formula is C19H19FN6O. The first-order valence-electron chi connectivity index (χ1n) is 9.05. The van der Waals surface area contributed by atoms with E-state index in [1.165, 1.54) is 24.7 Å². The zero-order valence-corrected chi connectivity index (χ0v) is 14.6. The summed E-state index contributed by atoms with van der Waals surface area (Å²) < 4.78 is 16.2. The number of nitrogens with zero attached hydrogens (tertiary/aromatic N) is 4. The molecule has 0 aromatic carbocycles. The van der Waals surface area contributed by atoms with Crippen molar-refractivity contribution in [3.63, 3.8) is 0 Å². The molecule has 2 saturated carbocycles. The smallest absolute Gasteiger partial charge is 0.255 e. The third kappa shape index (κ3) is 2.90. The number of hydrogen-bond acceptors (Lipinski definition) is 5. The minimum absolute atomic E-state index is 0.0779. The van der Waals surface area contributed by atoms with Crippen molar-refractivity contribution in [2.45, 2.75) is 43.3 Å². The van der Waals surface area contributed by atoms with Gasteiger partial charge in [-0.1, -0.05) is 6.07 Å². The number of hydrogen-bond donors (Lipinski definition) is 2. The van der Waals surface area contributed by atoms with Crippen LogP contribution in [-0.4, -0.2) is 30.9 Å². The lowest BCUT2D eigenvalue weighted by atomic mass is 10.2. The minimum atomic E-state index is -1.98. The molecule has 8 heteroatoms. The second-order valence-electron chi connectivity index (χ2n) is 7.40. The number of carbonyl (C=O) groups excluding carboxylic acids is 1. The summed E-state index contributed by atoms with van der Waals surface area (Å²) in [4.78, 5) is 24.0. The Hall–Kier alpha value is -3.03. The lowest BCUT2D eigenvalue weighted by molar-refractivity contribution is -0.124. The molecule has 2 atom stereocenters. The molecule has 2 fully saturated rings. The Kier molecular flexibility index (Phi) is 3.43. The monoisotopic (exact) mass is 366 g/mol. The molecule has 7 nitrogen and oxygen atoms in total. The van der Waals surface area contributed by atoms with Crippen molar-refractivity contribution in [3.8, 4) is 0 Å². The molecule has 0 radical (unpaired) electrons. The molecule has 3 aromatic rings. The zero-order valence-electron chi connectivity index (χ0n) is 14.6. The number of halogens is 1. The van der Waals surface area contributed by atoms with Gasteiger partial charge in [0.05, 0.1) is 17.9 Å². The van der Waals surface area contributed by atoms with Crippen molar-refractivity contribution in [2.75, 3.05) is 5.32 Å². The highest BCUT2D eigenvalue weighted by Gasteiger charge is 2.62. The average Bonchev–Trinajstić information content (AvgIpc) is 3.57. The van der Waals surface area contributed by atoms with Gasteiger partial charge in [-0.3, -0.25) is 4.79 Å². The summed E-state index contributed by atoms with van der Waals surface area (Å²) in [6, 6.07) is 5.85. The van der Waals surface area contributed by atoms with Crippen LogP contribution in [-0.2, 0) is 11.3 Å². The van der Waals surface area contributed by atoms with Gasteiger partial charge in [-0.25, -0.2) is 19.3 Å². The molecule has 2 unspecified atom stereocenters. The number of rotatable bonds is 6. The van der Waals surface area contributed by atoms with Gasteiger partial charge >= 0.3 is 0 Å². The van der Waals surface area contributed by atoms with E-state index in [-0.39, 0.29) is 6.42 Å². The van der Waals surface area contributed by atoms with E-state index in [1.54, 1.807) is 6.07 Å². The Bertz CT molecular complexity index is 1050. The summed E-state index contributed by atoms with van der Waals surface area (Å²) >= 11 is 0. The van der Waals surface area contributed by atoms with E-state index in [0.717, 1.165) is 11.3 Å². The van der Waals surface area contributed by atoms with Gasteiger partial charge in [0.15, 0.2) is 5.67 Å². The van der Waals surface area contributed by atoms with E-state index < -0.39 is 17.5 Å². The van der Waals surface area contributed by atoms with E-state index in [2.05, 4.69) is 32.5 Å². The molecule has 0 spiro atoms. The van der Waals surface area contributed by atoms with Crippen LogP contribution in [0.15, 0.2) is 36.9 Å². The van der Waals surface area contributed by atoms with Crippen LogP contribution in [0.1, 0.15) is 48.0 Å². The lowest BCUT2D eigenvalue weighted by Crippen LogP contribution is -2.27. The topological polar surface area (TPSA) is 98.2 Å². The predicted molar refractivity (Wildman–Crippen MR) is 96.9 cm³/mol. The predicted octanol–water partition coefficient (Wildman–Crippen LogP) is 2.29. The third-order valence-electron chi connectivity index (χ3n) is 5.37. The number of pyridine rings is 1. The number of amides is 1. The van der Waals surface area contributed by atoms with Crippen molar-refractivity contribution >= 4 is 17.4 Å². The van der Waals surface area contributed by atoms with Gasteiger partial charge in [0, 0.05) is 30.8 Å². The molecular weight excluding hydrogens is 347 g/mol. The van der Waals surface area contributed by atoms with E-state index in [1.807, 2.05) is 16.7 Å². The summed E-state index contributed by atoms with van der Waals surface area (Å²) in [7, 11) is 0. The number of nitrogens with one attached hydrogen (secondary N) is 1. The first-order valence-corrected chi connectivity index (χ1v) is 9.05. The summed E-state index contributed by atoms with van der Waals surface area (Å²) in [5, 5.41) is 3.19. The molecule has 0 saturated heterocycles. The van der Waals surface area contributed by atoms with Gasteiger partial charge < -0.3 is 15.5 Å². The first kappa shape index (κ1) is 16.2. The van der Waals surface area contributed by atoms with Gasteiger partial charge in [0.1, 0.15) is 17.8 Å². The normalized spacial score (nSPS) is 24.1. The summed E-state index contributed by atoms with van der Waals surface area (Å²) in [6.45, 7) is 0.484. The fourth-order valence-electron chi connectivity index (χ4n) is 3.50. The minimum Gasteiger partial charge on any atom is -0.367 e. The second-order valence-corrected chi connectivity index (χ2v) is 7.40. The number of aromatic nitrogens is 4. The van der Waals surface area contributed by atoms with Crippen molar-refractivity contribution in [2.24, 2.45) is 5.73 Å². The van der Waals surface area contributed by atoms with E-state index in [4.69, 9.17) is 5.73 Å². The van der Waals surface area contributed by atoms with Crippen LogP contribution in [0.3, 0.4) is 0 Å². The molecule has 1 amide bonds. The van der Waals surface area contributed by atoms with Crippen molar-refractivity contribution in [1.29, 1.82) is 0 Å². The van der Waals surface area contributed by atoms with E-state index >= 15 is 0 Å². The number of carbonyl (C=O) groups is 1. The van der Waals surface area contributed by atoms with Gasteiger partial charge in [-0.2, -0.15) is 0 Å². The van der Waals surface area contributed by atoms with Gasteiger partial charge in [0.2, 0.25) is 0 Å². The molecule has 0 aliphatic heterocycles. The average molecular weight is 366 g/mol. The van der Waals surface area contributed by atoms with Crippen molar-refractivity contribution in [3.05, 3.63) is 53.9 Å². The summed E-state index contributed by atoms with van der Waals surface area (Å²) in [5.74, 6) is -0.261. The highest BCUT2D eigenvalue weighted by Crippen LogP contribution is 2.53. The summed E-state index contributed by atoms with van der Waals surface area (Å²) in [6.07, 6.45) is 8.11. The summed E-state index contributed by atoms with van der Waals surface area (Å²) in [5.41, 5.74) is 6.76. The van der Waals surface area contributed by atoms with Crippen LogP contribution >= 0.6 is 0 Å². The fourth-order valence-corrected chi connectivity index (χ4v) is 3.50. The maximum absolute atomic E-state index is 14.2. The fraction of sp³-hybridized carbons (Fsp3) is 0.368. The highest BCUT2D eigenvalue weighted by atomic mass is 19.1. The van der Waals surface area contributed by atoms with Crippen molar-refractivity contribution in [1.82, 2.24) is 19.4 Å². The quantitative estimate of drug-likeness (QED) is 0.697. The van der Waals surface area contributed by atoms with Gasteiger partial charge in [0.25, 0.3) is 5.91 Å². The van der Waals surface area contributed by atoms with Gasteiger partial charge in [-0.15, -0.1) is 0 Å². The number of alkyl halides is 1. The number of imidazole rings is 1. The molecule has 2 aliphatic rings. The Balaban J connectivity index is 1.29. The Morgan fingerprint density at radius 1 is 1.33 bits per heavy atom. The molecule has 5 rings (SSSR count). The number of anilines is 1. The zero-order chi connectivity index (χ0) is 18.6. The van der Waals surface area contributed by atoms with E-state index in [9.17, 15) is 9.18 Å². The van der Waals surface area contributed by atoms with Crippen LogP contribution in [0.4, 0.5) is 10.2 Å². The number of fused-ring (bicyclic) bond motifs is 1. The molecule has 3 N–H and O–H groups in total. The molecule has 2 aliphatic carbocycles. The Labute approximate surface area is 154 Å². The maximum Gasteiger partial charge on any atom is 0.255 e. The molecule has 3 aromatic heterocycles. The number of primary amides is 1. The third-order valence-corrected chi connectivity index (χ3v) is 5.37. The number of nitrogens with two attached hydrogens (primary N) is 1. The highest BCUT2D eigenvalue weighted by molar-refractivity contribution is 5.88. The van der Waals surface area contributed by atoms with Crippen molar-refractivity contribution < 1.29 is 9.18 Å². The first-order chi connectivity index (χ1) is 13.0. The maximum atomic E-state index is 14.2. The molecule has 0 bridgehead atoms. The van der Waals surface area contributed by atoms with E-state index in [0.29, 0.717) is 24.0 Å². The molecule has 27 heavy (non-hydrogen) atoms. The van der Waals surface area contributed by atoms with Crippen LogP contribution in [0.5, 0.6) is 0 Å². The lowest BCUT2D eigenvalue weighted by Gasteiger charge is -2.06. The standard InChI is InChI=1S/C19H19FN6O/c20-19(18(21)27)6-14(19)15-5-16(24-10-23-15)22-7-13-9-26-8-12(11-1-2-11)3-4-17(26)25-13/h3-5,8-11,14H,1-2,6-7H2,(H2,21,27)(H,22,23,24). The Morgan fingerprint density at radius 3 is 2.93 bits per heavy atom. The SMILES string of the molecule is NC(=O)C1(F)CC1c1cc(NCc2cn3cc(C4CC4)ccc3n2)ncn1. The van der Waals surface area contributed by atoms with Crippen LogP contribution in [0.25, 0.3) is 5.65 Å². The second kappa shape index (κ2) is 5.73. The van der Waals surface area contributed by atoms with Crippen LogP contribution in [0, 0.1) is 0 Å². The van der Waals surface area contributed by atoms with Crippen LogP contribution < -0.4 is 11.1 Å². The Morgan fingerprint density at radius 2 is 2.19 bits per heavy atom. The van der Waals surface area contributed by atoms with Gasteiger partial charge in [-0.05, 0) is 30.4 Å².